The van der Waals surface area contributed by atoms with E-state index in [1.165, 1.54) is 24.3 Å². The van der Waals surface area contributed by atoms with Crippen LogP contribution < -0.4 is 21.5 Å². The predicted molar refractivity (Wildman–Crippen MR) is 92.6 cm³/mol. The number of amides is 1. The molecule has 1 amide bonds. The third kappa shape index (κ3) is 4.49. The molecule has 0 aliphatic carbocycles. The molecular formula is C14H14N4O3S2. The molecule has 0 bridgehead atoms. The summed E-state index contributed by atoms with van der Waals surface area (Å²) in [4.78, 5) is 11.3. The van der Waals surface area contributed by atoms with Crippen molar-refractivity contribution in [1.82, 2.24) is 0 Å². The quantitative estimate of drug-likeness (QED) is 0.614. The minimum atomic E-state index is -3.74. The van der Waals surface area contributed by atoms with Crippen molar-refractivity contribution in [3.05, 3.63) is 54.1 Å². The van der Waals surface area contributed by atoms with Crippen LogP contribution in [0.1, 0.15) is 10.4 Å². The Balaban J connectivity index is 2.10. The van der Waals surface area contributed by atoms with E-state index in [1.54, 1.807) is 24.3 Å². The average molecular weight is 350 g/mol. The summed E-state index contributed by atoms with van der Waals surface area (Å²) in [5, 5.41) is 11.0. The summed E-state index contributed by atoms with van der Waals surface area (Å²) < 4.78 is 22.4. The van der Waals surface area contributed by atoms with E-state index in [0.717, 1.165) is 0 Å². The lowest BCUT2D eigenvalue weighted by molar-refractivity contribution is 0.100. The summed E-state index contributed by atoms with van der Waals surface area (Å²) in [5.41, 5.74) is 6.63. The highest BCUT2D eigenvalue weighted by molar-refractivity contribution is 7.89. The summed E-state index contributed by atoms with van der Waals surface area (Å²) in [6.07, 6.45) is 0. The van der Waals surface area contributed by atoms with Crippen LogP contribution in [0, 0.1) is 0 Å². The van der Waals surface area contributed by atoms with Gasteiger partial charge < -0.3 is 16.4 Å². The molecule has 0 radical (unpaired) electrons. The van der Waals surface area contributed by atoms with Crippen LogP contribution in [0.5, 0.6) is 0 Å². The smallest absolute Gasteiger partial charge is 0.250 e. The molecule has 0 fully saturated rings. The van der Waals surface area contributed by atoms with Gasteiger partial charge in [0.05, 0.1) is 16.1 Å². The summed E-state index contributed by atoms with van der Waals surface area (Å²) in [6.45, 7) is 0. The third-order valence-electron chi connectivity index (χ3n) is 2.88. The van der Waals surface area contributed by atoms with Crippen molar-refractivity contribution < 1.29 is 13.2 Å². The third-order valence-corrected chi connectivity index (χ3v) is 4.01. The van der Waals surface area contributed by atoms with E-state index < -0.39 is 15.9 Å². The lowest BCUT2D eigenvalue weighted by atomic mass is 10.1. The van der Waals surface area contributed by atoms with Crippen molar-refractivity contribution in [3.63, 3.8) is 0 Å². The Kier molecular flexibility index (Phi) is 4.94. The molecule has 0 aromatic heterocycles. The summed E-state index contributed by atoms with van der Waals surface area (Å²) in [6, 6.07) is 12.4. The molecule has 7 nitrogen and oxygen atoms in total. The zero-order valence-corrected chi connectivity index (χ0v) is 13.4. The second-order valence-corrected chi connectivity index (χ2v) is 6.53. The largest absolute Gasteiger partial charge is 0.366 e. The predicted octanol–water partition coefficient (Wildman–Crippen LogP) is 1.24. The van der Waals surface area contributed by atoms with E-state index in [1.807, 2.05) is 0 Å². The average Bonchev–Trinajstić information content (AvgIpc) is 2.47. The molecule has 0 aliphatic rings. The van der Waals surface area contributed by atoms with E-state index in [2.05, 4.69) is 10.6 Å². The summed E-state index contributed by atoms with van der Waals surface area (Å²) in [7, 11) is -3.74. The van der Waals surface area contributed by atoms with Gasteiger partial charge >= 0.3 is 0 Å². The van der Waals surface area contributed by atoms with Crippen LogP contribution in [0.25, 0.3) is 0 Å². The standard InChI is InChI=1S/C14H14N4O3S2/c15-13(19)11-3-1-2-4-12(11)18-14(22)17-9-5-7-10(8-6-9)23(16,20)21/h1-8H,(H2,15,19)(H2,16,20,21)(H2,17,18,22). The number of primary amides is 1. The lowest BCUT2D eigenvalue weighted by Crippen LogP contribution is -2.22. The number of primary sulfonamides is 1. The first-order valence-corrected chi connectivity index (χ1v) is 8.32. The van der Waals surface area contributed by atoms with Crippen LogP contribution in [0.3, 0.4) is 0 Å². The van der Waals surface area contributed by atoms with Gasteiger partial charge in [-0.25, -0.2) is 13.6 Å². The SMILES string of the molecule is NC(=O)c1ccccc1NC(=S)Nc1ccc(S(N)(=O)=O)cc1. The summed E-state index contributed by atoms with van der Waals surface area (Å²) in [5.74, 6) is -0.576. The highest BCUT2D eigenvalue weighted by atomic mass is 32.2. The van der Waals surface area contributed by atoms with Gasteiger partial charge in [-0.2, -0.15) is 0 Å². The number of carbonyl (C=O) groups is 1. The first kappa shape index (κ1) is 16.9. The molecule has 2 aromatic carbocycles. The fourth-order valence-electron chi connectivity index (χ4n) is 1.82. The monoisotopic (exact) mass is 350 g/mol. The summed E-state index contributed by atoms with van der Waals surface area (Å²) >= 11 is 5.15. The van der Waals surface area contributed by atoms with Crippen LogP contribution in [0.2, 0.25) is 0 Å². The molecule has 0 spiro atoms. The van der Waals surface area contributed by atoms with E-state index in [-0.39, 0.29) is 10.0 Å². The minimum Gasteiger partial charge on any atom is -0.366 e. The molecule has 0 unspecified atom stereocenters. The van der Waals surface area contributed by atoms with Crippen molar-refractivity contribution in [1.29, 1.82) is 0 Å². The number of nitrogens with one attached hydrogen (secondary N) is 2. The molecule has 120 valence electrons. The maximum Gasteiger partial charge on any atom is 0.250 e. The molecule has 0 atom stereocenters. The topological polar surface area (TPSA) is 127 Å². The number of sulfonamides is 1. The van der Waals surface area contributed by atoms with Crippen LogP contribution in [-0.2, 0) is 10.0 Å². The van der Waals surface area contributed by atoms with Gasteiger partial charge in [0.2, 0.25) is 10.0 Å². The Morgan fingerprint density at radius 2 is 1.61 bits per heavy atom. The second-order valence-electron chi connectivity index (χ2n) is 4.56. The molecule has 2 aromatic rings. The van der Waals surface area contributed by atoms with Gasteiger partial charge in [-0.1, -0.05) is 12.1 Å². The highest BCUT2D eigenvalue weighted by Gasteiger charge is 2.09. The van der Waals surface area contributed by atoms with Crippen LogP contribution in [0.15, 0.2) is 53.4 Å². The van der Waals surface area contributed by atoms with Gasteiger partial charge in [0.1, 0.15) is 0 Å². The fraction of sp³-hybridized carbons (Fsp3) is 0. The van der Waals surface area contributed by atoms with Crippen LogP contribution >= 0.6 is 12.2 Å². The molecule has 23 heavy (non-hydrogen) atoms. The van der Waals surface area contributed by atoms with E-state index in [9.17, 15) is 13.2 Å². The van der Waals surface area contributed by atoms with E-state index >= 15 is 0 Å². The maximum atomic E-state index is 11.3. The second kappa shape index (κ2) is 6.73. The lowest BCUT2D eigenvalue weighted by Gasteiger charge is -2.13. The van der Waals surface area contributed by atoms with Crippen LogP contribution in [-0.4, -0.2) is 19.4 Å². The zero-order valence-electron chi connectivity index (χ0n) is 11.8. The molecule has 2 rings (SSSR count). The number of hydrogen-bond acceptors (Lipinski definition) is 4. The number of thiocarbonyl (C=S) groups is 1. The van der Waals surface area contributed by atoms with Gasteiger partial charge in [-0.05, 0) is 48.6 Å². The minimum absolute atomic E-state index is 0.000927. The van der Waals surface area contributed by atoms with Crippen LogP contribution in [0.4, 0.5) is 11.4 Å². The Morgan fingerprint density at radius 1 is 1.00 bits per heavy atom. The normalized spacial score (nSPS) is 10.8. The molecule has 6 N–H and O–H groups in total. The zero-order chi connectivity index (χ0) is 17.0. The Labute approximate surface area is 138 Å². The van der Waals surface area contributed by atoms with Gasteiger partial charge in [-0.3, -0.25) is 4.79 Å². The first-order valence-electron chi connectivity index (χ1n) is 6.37. The molecule has 0 saturated heterocycles. The van der Waals surface area contributed by atoms with Gasteiger partial charge in [0.15, 0.2) is 5.11 Å². The Morgan fingerprint density at radius 3 is 2.17 bits per heavy atom. The van der Waals surface area contributed by atoms with Crippen molar-refractivity contribution in [2.45, 2.75) is 4.90 Å². The number of para-hydroxylation sites is 1. The van der Waals surface area contributed by atoms with Crippen molar-refractivity contribution >= 4 is 44.6 Å². The highest BCUT2D eigenvalue weighted by Crippen LogP contribution is 2.16. The fourth-order valence-corrected chi connectivity index (χ4v) is 2.56. The molecule has 0 saturated carbocycles. The first-order chi connectivity index (χ1) is 10.8. The van der Waals surface area contributed by atoms with E-state index in [0.29, 0.717) is 16.9 Å². The van der Waals surface area contributed by atoms with E-state index in [4.69, 9.17) is 23.1 Å². The molecular weight excluding hydrogens is 336 g/mol. The van der Waals surface area contributed by atoms with Crippen molar-refractivity contribution in [2.75, 3.05) is 10.6 Å². The molecule has 0 heterocycles. The van der Waals surface area contributed by atoms with Gasteiger partial charge in [0, 0.05) is 5.69 Å². The number of rotatable bonds is 4. The number of nitrogens with two attached hydrogens (primary N) is 2. The maximum absolute atomic E-state index is 11.3. The van der Waals surface area contributed by atoms with Crippen molar-refractivity contribution in [2.24, 2.45) is 10.9 Å². The number of carbonyl (C=O) groups excluding carboxylic acids is 1. The number of benzene rings is 2. The molecule has 0 aliphatic heterocycles. The van der Waals surface area contributed by atoms with Gasteiger partial charge in [-0.15, -0.1) is 0 Å². The van der Waals surface area contributed by atoms with Crippen molar-refractivity contribution in [3.8, 4) is 0 Å². The Bertz CT molecular complexity index is 849. The Hall–Kier alpha value is -2.49. The van der Waals surface area contributed by atoms with Gasteiger partial charge in [0.25, 0.3) is 5.91 Å². The number of anilines is 2. The molecule has 9 heteroatoms. The number of hydrogen-bond donors (Lipinski definition) is 4.